The smallest absolute Gasteiger partial charge is 0.0547 e. The van der Waals surface area contributed by atoms with Crippen LogP contribution in [0.5, 0.6) is 0 Å². The van der Waals surface area contributed by atoms with Crippen LogP contribution in [0.2, 0.25) is 0 Å². The molecule has 0 amide bonds. The maximum absolute atomic E-state index is 2.43. The highest BCUT2D eigenvalue weighted by atomic mass is 15.1. The molecular weight excluding hydrogens is 701 g/mol. The number of hydrogen-bond donors (Lipinski definition) is 0. The van der Waals surface area contributed by atoms with Gasteiger partial charge < -0.3 is 9.47 Å². The number of benzene rings is 10. The fourth-order valence-corrected chi connectivity index (χ4v) is 8.85. The van der Waals surface area contributed by atoms with Crippen LogP contribution in [0.4, 0.5) is 17.1 Å². The zero-order valence-electron chi connectivity index (χ0n) is 31.8. The molecule has 0 radical (unpaired) electrons. The Morgan fingerprint density at radius 1 is 0.293 bits per heavy atom. The number of fused-ring (bicyclic) bond motifs is 6. The van der Waals surface area contributed by atoms with E-state index in [0.717, 1.165) is 22.7 Å². The SMILES string of the molecule is c1ccc(-c2cc(-c3ccccc3)cc(N(c3cccc(-c4cccc5c4c4ccccc4n5-c4ccccc4)c3)c3ccc4c(ccc5ccccc54)c3)c2)cc1. The Kier molecular flexibility index (Phi) is 8.19. The molecule has 0 saturated carbocycles. The summed E-state index contributed by atoms with van der Waals surface area (Å²) in [5.74, 6) is 0. The van der Waals surface area contributed by atoms with Gasteiger partial charge in [0.05, 0.1) is 11.0 Å². The number of rotatable bonds is 7. The third-order valence-electron chi connectivity index (χ3n) is 11.5. The van der Waals surface area contributed by atoms with Crippen LogP contribution in [0.3, 0.4) is 0 Å². The molecule has 58 heavy (non-hydrogen) atoms. The zero-order valence-corrected chi connectivity index (χ0v) is 31.8. The molecule has 2 nitrogen and oxygen atoms in total. The minimum atomic E-state index is 1.09. The minimum Gasteiger partial charge on any atom is -0.310 e. The number of nitrogens with zero attached hydrogens (tertiary/aromatic N) is 2. The van der Waals surface area contributed by atoms with Gasteiger partial charge >= 0.3 is 0 Å². The van der Waals surface area contributed by atoms with E-state index in [1.165, 1.54) is 76.7 Å². The molecule has 0 fully saturated rings. The van der Waals surface area contributed by atoms with Gasteiger partial charge in [0.1, 0.15) is 0 Å². The van der Waals surface area contributed by atoms with E-state index in [-0.39, 0.29) is 0 Å². The summed E-state index contributed by atoms with van der Waals surface area (Å²) in [5, 5.41) is 7.46. The summed E-state index contributed by atoms with van der Waals surface area (Å²) in [6.07, 6.45) is 0. The van der Waals surface area contributed by atoms with E-state index in [1.807, 2.05) is 0 Å². The Labute approximate surface area is 338 Å². The van der Waals surface area contributed by atoms with Crippen molar-refractivity contribution in [3.8, 4) is 39.1 Å². The Morgan fingerprint density at radius 2 is 0.845 bits per heavy atom. The predicted octanol–water partition coefficient (Wildman–Crippen LogP) is 15.6. The molecule has 1 aromatic heterocycles. The Balaban J connectivity index is 1.15. The summed E-state index contributed by atoms with van der Waals surface area (Å²) in [6.45, 7) is 0. The van der Waals surface area contributed by atoms with Gasteiger partial charge in [-0.05, 0) is 122 Å². The van der Waals surface area contributed by atoms with Crippen LogP contribution >= 0.6 is 0 Å². The highest BCUT2D eigenvalue weighted by Crippen LogP contribution is 2.44. The van der Waals surface area contributed by atoms with Crippen molar-refractivity contribution in [1.29, 1.82) is 0 Å². The van der Waals surface area contributed by atoms with Gasteiger partial charge in [0, 0.05) is 33.5 Å². The van der Waals surface area contributed by atoms with Crippen molar-refractivity contribution in [2.24, 2.45) is 0 Å². The van der Waals surface area contributed by atoms with Crippen molar-refractivity contribution in [1.82, 2.24) is 4.57 Å². The highest BCUT2D eigenvalue weighted by molar-refractivity contribution is 6.16. The second kappa shape index (κ2) is 14.1. The van der Waals surface area contributed by atoms with Crippen LogP contribution in [0.1, 0.15) is 0 Å². The van der Waals surface area contributed by atoms with E-state index in [0.29, 0.717) is 0 Å². The number of aromatic nitrogens is 1. The van der Waals surface area contributed by atoms with Gasteiger partial charge in [-0.2, -0.15) is 0 Å². The van der Waals surface area contributed by atoms with Crippen LogP contribution in [0.25, 0.3) is 82.4 Å². The lowest BCUT2D eigenvalue weighted by Gasteiger charge is -2.28. The molecule has 0 aliphatic rings. The molecule has 11 aromatic rings. The molecule has 0 bridgehead atoms. The summed E-state index contributed by atoms with van der Waals surface area (Å²) in [6, 6.07) is 83.8. The zero-order chi connectivity index (χ0) is 38.4. The third-order valence-corrected chi connectivity index (χ3v) is 11.5. The van der Waals surface area contributed by atoms with Crippen LogP contribution in [0, 0.1) is 0 Å². The molecule has 0 saturated heterocycles. The van der Waals surface area contributed by atoms with Crippen LogP contribution in [-0.4, -0.2) is 4.57 Å². The maximum atomic E-state index is 2.43. The average Bonchev–Trinajstić information content (AvgIpc) is 3.64. The molecule has 272 valence electrons. The molecule has 0 N–H and O–H groups in total. The van der Waals surface area contributed by atoms with E-state index in [4.69, 9.17) is 0 Å². The van der Waals surface area contributed by atoms with Gasteiger partial charge in [-0.3, -0.25) is 0 Å². The lowest BCUT2D eigenvalue weighted by molar-refractivity contribution is 1.18. The van der Waals surface area contributed by atoms with Crippen molar-refractivity contribution in [3.63, 3.8) is 0 Å². The standard InChI is InChI=1S/C56H38N2/c1-4-16-39(17-5-1)44-34-45(40-18-6-2-7-19-40)38-49(37-44)57(48-32-33-51-43(36-48)31-30-41-20-10-11-25-50(41)51)47-24-14-21-42(35-47)52-27-15-29-55-56(52)53-26-12-13-28-54(53)58(55)46-22-8-3-9-23-46/h1-38H. The first kappa shape index (κ1) is 33.6. The fourth-order valence-electron chi connectivity index (χ4n) is 8.85. The van der Waals surface area contributed by atoms with Crippen molar-refractivity contribution >= 4 is 60.4 Å². The first-order valence-corrected chi connectivity index (χ1v) is 19.9. The Morgan fingerprint density at radius 3 is 1.60 bits per heavy atom. The lowest BCUT2D eigenvalue weighted by atomic mass is 9.96. The van der Waals surface area contributed by atoms with Crippen molar-refractivity contribution in [2.75, 3.05) is 4.90 Å². The average molecular weight is 739 g/mol. The summed E-state index contributed by atoms with van der Waals surface area (Å²) < 4.78 is 2.39. The van der Waals surface area contributed by atoms with Gasteiger partial charge in [-0.25, -0.2) is 0 Å². The topological polar surface area (TPSA) is 8.17 Å². The van der Waals surface area contributed by atoms with E-state index in [2.05, 4.69) is 240 Å². The predicted molar refractivity (Wildman–Crippen MR) is 247 cm³/mol. The van der Waals surface area contributed by atoms with Gasteiger partial charge in [0.2, 0.25) is 0 Å². The summed E-state index contributed by atoms with van der Waals surface area (Å²) in [7, 11) is 0. The molecule has 0 atom stereocenters. The first-order valence-electron chi connectivity index (χ1n) is 19.9. The van der Waals surface area contributed by atoms with Gasteiger partial charge in [-0.1, -0.05) is 164 Å². The van der Waals surface area contributed by atoms with Crippen LogP contribution in [0.15, 0.2) is 231 Å². The lowest BCUT2D eigenvalue weighted by Crippen LogP contribution is -2.10. The summed E-state index contributed by atoms with van der Waals surface area (Å²) in [4.78, 5) is 2.43. The molecule has 10 aromatic carbocycles. The van der Waals surface area contributed by atoms with Crippen molar-refractivity contribution in [2.45, 2.75) is 0 Å². The van der Waals surface area contributed by atoms with E-state index >= 15 is 0 Å². The number of para-hydroxylation sites is 2. The second-order valence-electron chi connectivity index (χ2n) is 15.0. The summed E-state index contributed by atoms with van der Waals surface area (Å²) >= 11 is 0. The third kappa shape index (κ3) is 5.82. The van der Waals surface area contributed by atoms with E-state index in [9.17, 15) is 0 Å². The van der Waals surface area contributed by atoms with Crippen LogP contribution in [-0.2, 0) is 0 Å². The molecule has 11 rings (SSSR count). The molecule has 0 spiro atoms. The highest BCUT2D eigenvalue weighted by Gasteiger charge is 2.20. The van der Waals surface area contributed by atoms with Crippen molar-refractivity contribution < 1.29 is 0 Å². The number of anilines is 3. The number of hydrogen-bond acceptors (Lipinski definition) is 1. The molecule has 2 heteroatoms. The molecular formula is C56H38N2. The van der Waals surface area contributed by atoms with Crippen molar-refractivity contribution in [3.05, 3.63) is 231 Å². The van der Waals surface area contributed by atoms with Gasteiger partial charge in [-0.15, -0.1) is 0 Å². The molecule has 0 aliphatic heterocycles. The molecule has 0 unspecified atom stereocenters. The monoisotopic (exact) mass is 738 g/mol. The first-order chi connectivity index (χ1) is 28.8. The van der Waals surface area contributed by atoms with E-state index < -0.39 is 0 Å². The normalized spacial score (nSPS) is 11.4. The second-order valence-corrected chi connectivity index (χ2v) is 15.0. The molecule has 0 aliphatic carbocycles. The van der Waals surface area contributed by atoms with Gasteiger partial charge in [0.15, 0.2) is 0 Å². The van der Waals surface area contributed by atoms with E-state index in [1.54, 1.807) is 0 Å². The summed E-state index contributed by atoms with van der Waals surface area (Å²) in [5.41, 5.74) is 13.9. The Hall–Kier alpha value is -7.68. The minimum absolute atomic E-state index is 1.09. The molecule has 1 heterocycles. The van der Waals surface area contributed by atoms with Crippen LogP contribution < -0.4 is 4.90 Å². The van der Waals surface area contributed by atoms with Gasteiger partial charge in [0.25, 0.3) is 0 Å². The maximum Gasteiger partial charge on any atom is 0.0547 e. The largest absolute Gasteiger partial charge is 0.310 e. The Bertz CT molecular complexity index is 3210. The fraction of sp³-hybridized carbons (Fsp3) is 0. The quantitative estimate of drug-likeness (QED) is 0.148.